The number of halogens is 1. The van der Waals surface area contributed by atoms with E-state index in [9.17, 15) is 9.18 Å². The van der Waals surface area contributed by atoms with Crippen molar-refractivity contribution in [2.24, 2.45) is 0 Å². The number of carbonyl (C=O) groups excluding carboxylic acids is 1. The number of aromatic nitrogens is 1. The Morgan fingerprint density at radius 1 is 1.24 bits per heavy atom. The molecule has 0 saturated heterocycles. The molecule has 1 aromatic heterocycles. The third-order valence-corrected chi connectivity index (χ3v) is 3.04. The molecule has 0 atom stereocenters. The van der Waals surface area contributed by atoms with Gasteiger partial charge in [0.2, 0.25) is 0 Å². The van der Waals surface area contributed by atoms with Crippen molar-refractivity contribution in [3.8, 4) is 0 Å². The van der Waals surface area contributed by atoms with E-state index in [1.54, 1.807) is 36.4 Å². The smallest absolute Gasteiger partial charge is 0.276 e. The summed E-state index contributed by atoms with van der Waals surface area (Å²) in [5.74, 6) is -0.140. The predicted octanol–water partition coefficient (Wildman–Crippen LogP) is 3.32. The highest BCUT2D eigenvalue weighted by Gasteiger charge is 2.17. The first-order chi connectivity index (χ1) is 10.1. The summed E-state index contributed by atoms with van der Waals surface area (Å²) in [5, 5.41) is 3.12. The van der Waals surface area contributed by atoms with Gasteiger partial charge < -0.3 is 10.2 Å². The van der Waals surface area contributed by atoms with Crippen molar-refractivity contribution in [2.45, 2.75) is 13.3 Å². The molecule has 1 N–H and O–H groups in total. The van der Waals surface area contributed by atoms with Gasteiger partial charge in [-0.2, -0.15) is 0 Å². The van der Waals surface area contributed by atoms with Crippen molar-refractivity contribution < 1.29 is 9.18 Å². The maximum Gasteiger partial charge on any atom is 0.276 e. The van der Waals surface area contributed by atoms with Crippen LogP contribution in [-0.2, 0) is 0 Å². The number of hydrogen-bond acceptors (Lipinski definition) is 3. The summed E-state index contributed by atoms with van der Waals surface area (Å²) in [7, 11) is 1.54. The van der Waals surface area contributed by atoms with Crippen molar-refractivity contribution in [3.05, 3.63) is 54.0 Å². The summed E-state index contributed by atoms with van der Waals surface area (Å²) < 4.78 is 13.7. The number of rotatable bonds is 5. The third kappa shape index (κ3) is 3.56. The van der Waals surface area contributed by atoms with Gasteiger partial charge in [-0.1, -0.05) is 25.1 Å². The van der Waals surface area contributed by atoms with Gasteiger partial charge in [-0.25, -0.2) is 9.37 Å². The summed E-state index contributed by atoms with van der Waals surface area (Å²) in [6.45, 7) is 2.84. The fraction of sp³-hybridized carbons (Fsp3) is 0.250. The molecule has 0 aliphatic heterocycles. The van der Waals surface area contributed by atoms with Crippen molar-refractivity contribution in [1.82, 2.24) is 4.98 Å². The Morgan fingerprint density at radius 3 is 2.71 bits per heavy atom. The van der Waals surface area contributed by atoms with Crippen LogP contribution in [0, 0.1) is 5.82 Å². The van der Waals surface area contributed by atoms with Crippen LogP contribution in [0.4, 0.5) is 15.9 Å². The lowest BCUT2D eigenvalue weighted by molar-refractivity contribution is 0.0987. The molecule has 2 rings (SSSR count). The maximum absolute atomic E-state index is 13.7. The van der Waals surface area contributed by atoms with Crippen LogP contribution in [0.15, 0.2) is 42.5 Å². The Bertz CT molecular complexity index is 630. The topological polar surface area (TPSA) is 45.2 Å². The van der Waals surface area contributed by atoms with Crippen molar-refractivity contribution in [3.63, 3.8) is 0 Å². The van der Waals surface area contributed by atoms with Gasteiger partial charge in [0.05, 0.1) is 5.69 Å². The second-order valence-corrected chi connectivity index (χ2v) is 4.65. The molecular weight excluding hydrogens is 269 g/mol. The van der Waals surface area contributed by atoms with Gasteiger partial charge in [-0.15, -0.1) is 0 Å². The maximum atomic E-state index is 13.7. The van der Waals surface area contributed by atoms with Gasteiger partial charge in [0.1, 0.15) is 17.3 Å². The van der Waals surface area contributed by atoms with E-state index in [4.69, 9.17) is 0 Å². The minimum absolute atomic E-state index is 0.233. The molecule has 110 valence electrons. The number of anilines is 2. The van der Waals surface area contributed by atoms with Crippen LogP contribution < -0.4 is 10.2 Å². The van der Waals surface area contributed by atoms with E-state index in [0.717, 1.165) is 13.0 Å². The van der Waals surface area contributed by atoms with Gasteiger partial charge in [0.25, 0.3) is 5.91 Å². The number of para-hydroxylation sites is 1. The number of pyridine rings is 1. The largest absolute Gasteiger partial charge is 0.370 e. The Morgan fingerprint density at radius 2 is 2.00 bits per heavy atom. The second-order valence-electron chi connectivity index (χ2n) is 4.65. The van der Waals surface area contributed by atoms with E-state index < -0.39 is 5.82 Å². The average Bonchev–Trinajstić information content (AvgIpc) is 2.52. The van der Waals surface area contributed by atoms with E-state index in [0.29, 0.717) is 5.82 Å². The zero-order valence-corrected chi connectivity index (χ0v) is 12.1. The zero-order chi connectivity index (χ0) is 15.2. The molecule has 1 heterocycles. The van der Waals surface area contributed by atoms with Gasteiger partial charge in [0.15, 0.2) is 0 Å². The number of nitrogens with one attached hydrogen (secondary N) is 1. The number of benzene rings is 1. The molecular formula is C16H18FN3O. The first-order valence-electron chi connectivity index (χ1n) is 6.87. The Kier molecular flexibility index (Phi) is 4.87. The van der Waals surface area contributed by atoms with Crippen LogP contribution in [-0.4, -0.2) is 24.5 Å². The molecule has 1 aromatic carbocycles. The van der Waals surface area contributed by atoms with E-state index >= 15 is 0 Å². The Labute approximate surface area is 123 Å². The normalized spacial score (nSPS) is 10.2. The van der Waals surface area contributed by atoms with Crippen LogP contribution in [0.3, 0.4) is 0 Å². The van der Waals surface area contributed by atoms with Crippen molar-refractivity contribution in [2.75, 3.05) is 23.8 Å². The lowest BCUT2D eigenvalue weighted by Gasteiger charge is -2.17. The summed E-state index contributed by atoms with van der Waals surface area (Å²) in [5.41, 5.74) is 0.512. The van der Waals surface area contributed by atoms with Crippen molar-refractivity contribution in [1.29, 1.82) is 0 Å². The summed E-state index contributed by atoms with van der Waals surface area (Å²) >= 11 is 0. The molecule has 0 unspecified atom stereocenters. The molecule has 5 heteroatoms. The minimum atomic E-state index is -0.436. The molecule has 0 aliphatic carbocycles. The quantitative estimate of drug-likeness (QED) is 0.917. The summed E-state index contributed by atoms with van der Waals surface area (Å²) in [6, 6.07) is 11.3. The molecule has 21 heavy (non-hydrogen) atoms. The molecule has 1 amide bonds. The molecule has 0 aliphatic rings. The molecule has 2 aromatic rings. The Balaban J connectivity index is 2.21. The highest BCUT2D eigenvalue weighted by Crippen LogP contribution is 2.19. The number of nitrogens with zero attached hydrogens (tertiary/aromatic N) is 2. The van der Waals surface area contributed by atoms with E-state index in [2.05, 4.69) is 10.3 Å². The van der Waals surface area contributed by atoms with Gasteiger partial charge in [-0.3, -0.25) is 4.79 Å². The van der Waals surface area contributed by atoms with E-state index in [-0.39, 0.29) is 17.3 Å². The molecule has 0 radical (unpaired) electrons. The van der Waals surface area contributed by atoms with Crippen molar-refractivity contribution >= 4 is 17.4 Å². The van der Waals surface area contributed by atoms with Gasteiger partial charge >= 0.3 is 0 Å². The fourth-order valence-corrected chi connectivity index (χ4v) is 1.91. The van der Waals surface area contributed by atoms with Crippen LogP contribution in [0.2, 0.25) is 0 Å². The van der Waals surface area contributed by atoms with Crippen LogP contribution in [0.1, 0.15) is 23.8 Å². The number of carbonyl (C=O) groups is 1. The first-order valence-corrected chi connectivity index (χ1v) is 6.87. The first kappa shape index (κ1) is 15.0. The highest BCUT2D eigenvalue weighted by atomic mass is 19.1. The average molecular weight is 287 g/mol. The third-order valence-electron chi connectivity index (χ3n) is 3.04. The van der Waals surface area contributed by atoms with Gasteiger partial charge in [-0.05, 0) is 30.7 Å². The predicted molar refractivity (Wildman–Crippen MR) is 82.2 cm³/mol. The van der Waals surface area contributed by atoms with E-state index in [1.807, 2.05) is 6.92 Å². The monoisotopic (exact) mass is 287 g/mol. The lowest BCUT2D eigenvalue weighted by Crippen LogP contribution is -2.28. The fourth-order valence-electron chi connectivity index (χ4n) is 1.91. The molecule has 0 fully saturated rings. The Hall–Kier alpha value is -2.43. The van der Waals surface area contributed by atoms with Gasteiger partial charge in [0, 0.05) is 13.6 Å². The lowest BCUT2D eigenvalue weighted by atomic mass is 10.2. The zero-order valence-electron chi connectivity index (χ0n) is 12.1. The SMILES string of the molecule is CCCNc1cccc(C(=O)N(C)c2ccccc2F)n1. The van der Waals surface area contributed by atoms with Crippen LogP contribution in [0.5, 0.6) is 0 Å². The number of hydrogen-bond donors (Lipinski definition) is 1. The molecule has 4 nitrogen and oxygen atoms in total. The van der Waals surface area contributed by atoms with Crippen LogP contribution >= 0.6 is 0 Å². The summed E-state index contributed by atoms with van der Waals surface area (Å²) in [4.78, 5) is 17.9. The summed E-state index contributed by atoms with van der Waals surface area (Å²) in [6.07, 6.45) is 0.967. The molecule has 0 saturated carbocycles. The highest BCUT2D eigenvalue weighted by molar-refractivity contribution is 6.04. The van der Waals surface area contributed by atoms with Crippen LogP contribution in [0.25, 0.3) is 0 Å². The standard InChI is InChI=1S/C16H18FN3O/c1-3-11-18-15-10-6-8-13(19-15)16(21)20(2)14-9-5-4-7-12(14)17/h4-10H,3,11H2,1-2H3,(H,18,19). The molecule has 0 spiro atoms. The number of amides is 1. The van der Waals surface area contributed by atoms with E-state index in [1.165, 1.54) is 18.0 Å². The molecule has 0 bridgehead atoms. The minimum Gasteiger partial charge on any atom is -0.370 e. The second kappa shape index (κ2) is 6.83.